The average molecular weight is 318 g/mol. The number of nitriles is 2. The molecule has 0 radical (unpaired) electrons. The molecule has 4 nitrogen and oxygen atoms in total. The smallest absolute Gasteiger partial charge is 0.102 e. The van der Waals surface area contributed by atoms with Crippen LogP contribution in [0.3, 0.4) is 0 Å². The summed E-state index contributed by atoms with van der Waals surface area (Å²) in [5.41, 5.74) is 10.9. The molecule has 0 bridgehead atoms. The summed E-state index contributed by atoms with van der Waals surface area (Å²) in [7, 11) is 0. The molecule has 0 spiro atoms. The maximum atomic E-state index is 9.52. The van der Waals surface area contributed by atoms with Crippen LogP contribution in [0.5, 0.6) is 0 Å². The van der Waals surface area contributed by atoms with Crippen LogP contribution in [0.15, 0.2) is 30.3 Å². The lowest BCUT2D eigenvalue weighted by Crippen LogP contribution is -2.21. The third kappa shape index (κ3) is 3.05. The molecule has 0 saturated heterocycles. The van der Waals surface area contributed by atoms with Gasteiger partial charge in [0.2, 0.25) is 0 Å². The van der Waals surface area contributed by atoms with Gasteiger partial charge in [-0.15, -0.1) is 0 Å². The Balaban J connectivity index is 2.59. The van der Waals surface area contributed by atoms with Gasteiger partial charge >= 0.3 is 0 Å². The third-order valence-corrected chi connectivity index (χ3v) is 4.36. The number of aryl methyl sites for hydroxylation is 1. The van der Waals surface area contributed by atoms with Crippen LogP contribution in [-0.2, 0) is 6.42 Å². The van der Waals surface area contributed by atoms with E-state index in [0.717, 1.165) is 35.5 Å². The summed E-state index contributed by atoms with van der Waals surface area (Å²) in [4.78, 5) is 2.26. The molecule has 2 rings (SSSR count). The van der Waals surface area contributed by atoms with Gasteiger partial charge < -0.3 is 10.6 Å². The highest BCUT2D eigenvalue weighted by atomic mass is 15.1. The fourth-order valence-corrected chi connectivity index (χ4v) is 2.96. The second-order valence-electron chi connectivity index (χ2n) is 5.54. The Hall–Kier alpha value is -2.98. The summed E-state index contributed by atoms with van der Waals surface area (Å²) >= 11 is 0. The van der Waals surface area contributed by atoms with Crippen molar-refractivity contribution < 1.29 is 0 Å². The van der Waals surface area contributed by atoms with Crippen molar-refractivity contribution in [1.29, 1.82) is 10.5 Å². The minimum atomic E-state index is 0.280. The van der Waals surface area contributed by atoms with Crippen molar-refractivity contribution in [2.24, 2.45) is 0 Å². The van der Waals surface area contributed by atoms with Crippen molar-refractivity contribution in [2.75, 3.05) is 23.7 Å². The van der Waals surface area contributed by atoms with Crippen LogP contribution in [0.1, 0.15) is 37.5 Å². The molecule has 0 heterocycles. The van der Waals surface area contributed by atoms with Gasteiger partial charge in [0, 0.05) is 24.3 Å². The van der Waals surface area contributed by atoms with E-state index in [-0.39, 0.29) is 5.69 Å². The second kappa shape index (κ2) is 7.53. The van der Waals surface area contributed by atoms with Crippen molar-refractivity contribution in [3.63, 3.8) is 0 Å². The lowest BCUT2D eigenvalue weighted by atomic mass is 9.91. The summed E-state index contributed by atoms with van der Waals surface area (Å²) in [5, 5.41) is 18.8. The normalized spacial score (nSPS) is 10.0. The maximum absolute atomic E-state index is 9.52. The molecule has 4 heteroatoms. The number of nitrogens with zero attached hydrogens (tertiary/aromatic N) is 3. The highest BCUT2D eigenvalue weighted by molar-refractivity contribution is 5.82. The number of nitrogens with two attached hydrogens (primary N) is 1. The molecule has 24 heavy (non-hydrogen) atoms. The minimum Gasteiger partial charge on any atom is -0.397 e. The monoisotopic (exact) mass is 318 g/mol. The number of hydrogen-bond donors (Lipinski definition) is 1. The first-order chi connectivity index (χ1) is 11.6. The Labute approximate surface area is 143 Å². The molecule has 0 atom stereocenters. The Morgan fingerprint density at radius 3 is 2.00 bits per heavy atom. The molecular weight excluding hydrogens is 296 g/mol. The maximum Gasteiger partial charge on any atom is 0.102 e. The van der Waals surface area contributed by atoms with E-state index in [0.29, 0.717) is 17.5 Å². The zero-order valence-electron chi connectivity index (χ0n) is 14.4. The summed E-state index contributed by atoms with van der Waals surface area (Å²) in [6.07, 6.45) is 0.698. The summed E-state index contributed by atoms with van der Waals surface area (Å²) in [6.45, 7) is 8.13. The zero-order chi connectivity index (χ0) is 17.7. The van der Waals surface area contributed by atoms with Gasteiger partial charge in [-0.1, -0.05) is 19.1 Å². The second-order valence-corrected chi connectivity index (χ2v) is 5.54. The Bertz CT molecular complexity index is 804. The molecular formula is C20H22N4. The highest BCUT2D eigenvalue weighted by Crippen LogP contribution is 2.33. The lowest BCUT2D eigenvalue weighted by molar-refractivity contribution is 0.866. The molecule has 2 aromatic carbocycles. The van der Waals surface area contributed by atoms with Crippen molar-refractivity contribution >= 4 is 11.4 Å². The number of anilines is 2. The van der Waals surface area contributed by atoms with Gasteiger partial charge in [0.1, 0.15) is 12.1 Å². The van der Waals surface area contributed by atoms with Crippen molar-refractivity contribution in [1.82, 2.24) is 0 Å². The Morgan fingerprint density at radius 1 is 0.958 bits per heavy atom. The molecule has 0 fully saturated rings. The minimum absolute atomic E-state index is 0.280. The summed E-state index contributed by atoms with van der Waals surface area (Å²) in [5.74, 6) is 0. The van der Waals surface area contributed by atoms with Gasteiger partial charge in [0.05, 0.1) is 16.8 Å². The predicted octanol–water partition coefficient (Wildman–Crippen LogP) is 4.09. The van der Waals surface area contributed by atoms with Gasteiger partial charge in [0.25, 0.3) is 0 Å². The third-order valence-electron chi connectivity index (χ3n) is 4.36. The van der Waals surface area contributed by atoms with Crippen LogP contribution in [0, 0.1) is 22.7 Å². The number of benzene rings is 2. The SMILES string of the molecule is CCc1cc(-c2ccc(N(CC)CC)cc2)c(C#N)c(N)c1C#N. The molecule has 0 aromatic heterocycles. The van der Waals surface area contributed by atoms with Crippen LogP contribution in [-0.4, -0.2) is 13.1 Å². The Kier molecular flexibility index (Phi) is 5.45. The quantitative estimate of drug-likeness (QED) is 0.842. The van der Waals surface area contributed by atoms with E-state index in [2.05, 4.69) is 43.0 Å². The lowest BCUT2D eigenvalue weighted by Gasteiger charge is -2.21. The van der Waals surface area contributed by atoms with E-state index in [1.54, 1.807) is 0 Å². The van der Waals surface area contributed by atoms with Crippen LogP contribution < -0.4 is 10.6 Å². The van der Waals surface area contributed by atoms with Gasteiger partial charge in [-0.05, 0) is 49.6 Å². The van der Waals surface area contributed by atoms with Crippen LogP contribution in [0.4, 0.5) is 11.4 Å². The van der Waals surface area contributed by atoms with Crippen LogP contribution in [0.25, 0.3) is 11.1 Å². The van der Waals surface area contributed by atoms with Crippen LogP contribution >= 0.6 is 0 Å². The van der Waals surface area contributed by atoms with E-state index in [1.165, 1.54) is 0 Å². The predicted molar refractivity (Wildman–Crippen MR) is 98.7 cm³/mol. The largest absolute Gasteiger partial charge is 0.397 e. The van der Waals surface area contributed by atoms with E-state index >= 15 is 0 Å². The zero-order valence-corrected chi connectivity index (χ0v) is 14.4. The fourth-order valence-electron chi connectivity index (χ4n) is 2.96. The first-order valence-corrected chi connectivity index (χ1v) is 8.22. The first kappa shape index (κ1) is 17.4. The van der Waals surface area contributed by atoms with E-state index in [4.69, 9.17) is 5.73 Å². The van der Waals surface area contributed by atoms with Crippen molar-refractivity contribution in [3.05, 3.63) is 47.0 Å². The number of rotatable bonds is 5. The average Bonchev–Trinajstić information content (AvgIpc) is 2.62. The molecule has 0 unspecified atom stereocenters. The molecule has 2 N–H and O–H groups in total. The van der Waals surface area contributed by atoms with E-state index in [9.17, 15) is 10.5 Å². The first-order valence-electron chi connectivity index (χ1n) is 8.22. The Morgan fingerprint density at radius 2 is 1.54 bits per heavy atom. The van der Waals surface area contributed by atoms with E-state index < -0.39 is 0 Å². The van der Waals surface area contributed by atoms with Crippen molar-refractivity contribution in [2.45, 2.75) is 27.2 Å². The topological polar surface area (TPSA) is 76.8 Å². The molecule has 0 amide bonds. The molecule has 0 saturated carbocycles. The van der Waals surface area contributed by atoms with Gasteiger partial charge in [0.15, 0.2) is 0 Å². The number of nitrogen functional groups attached to an aromatic ring is 1. The summed E-state index contributed by atoms with van der Waals surface area (Å²) in [6, 6.07) is 14.3. The van der Waals surface area contributed by atoms with Gasteiger partial charge in [-0.3, -0.25) is 0 Å². The standard InChI is InChI=1S/C20H22N4/c1-4-14-11-17(19(13-22)20(23)18(14)12-21)15-7-9-16(10-8-15)24(5-2)6-3/h7-11H,4-6,23H2,1-3H3. The van der Waals surface area contributed by atoms with E-state index in [1.807, 2.05) is 25.1 Å². The van der Waals surface area contributed by atoms with Gasteiger partial charge in [-0.2, -0.15) is 10.5 Å². The van der Waals surface area contributed by atoms with Crippen LogP contribution in [0.2, 0.25) is 0 Å². The summed E-state index contributed by atoms with van der Waals surface area (Å²) < 4.78 is 0. The fraction of sp³-hybridized carbons (Fsp3) is 0.300. The van der Waals surface area contributed by atoms with Crippen molar-refractivity contribution in [3.8, 4) is 23.3 Å². The number of hydrogen-bond acceptors (Lipinski definition) is 4. The molecule has 0 aliphatic rings. The molecule has 2 aromatic rings. The molecule has 122 valence electrons. The molecule has 0 aliphatic carbocycles. The molecule has 0 aliphatic heterocycles. The van der Waals surface area contributed by atoms with Gasteiger partial charge in [-0.25, -0.2) is 0 Å². The highest BCUT2D eigenvalue weighted by Gasteiger charge is 2.16.